The van der Waals surface area contributed by atoms with Crippen LogP contribution in [0, 0.1) is 0 Å². The molecule has 0 spiro atoms. The molecule has 0 saturated carbocycles. The average Bonchev–Trinajstić information content (AvgIpc) is 2.08. The standard InChI is InChI=1S/C10H16O2/c1-9-4-6-10(2,12-8-9)5-3-7-11/h7-8H,3-6H2,1-2H3. The van der Waals surface area contributed by atoms with Crippen molar-refractivity contribution >= 4 is 6.29 Å². The van der Waals surface area contributed by atoms with E-state index in [-0.39, 0.29) is 5.60 Å². The van der Waals surface area contributed by atoms with Crippen LogP contribution in [-0.2, 0) is 9.53 Å². The van der Waals surface area contributed by atoms with E-state index >= 15 is 0 Å². The highest BCUT2D eigenvalue weighted by Gasteiger charge is 2.26. The van der Waals surface area contributed by atoms with Crippen LogP contribution in [0.2, 0.25) is 0 Å². The van der Waals surface area contributed by atoms with Crippen molar-refractivity contribution < 1.29 is 9.53 Å². The topological polar surface area (TPSA) is 26.3 Å². The Hall–Kier alpha value is -0.790. The van der Waals surface area contributed by atoms with Crippen molar-refractivity contribution in [2.45, 2.75) is 45.1 Å². The second-order valence-corrected chi connectivity index (χ2v) is 3.74. The molecule has 1 rings (SSSR count). The van der Waals surface area contributed by atoms with E-state index in [1.165, 1.54) is 5.57 Å². The molecule has 0 aromatic rings. The molecule has 2 nitrogen and oxygen atoms in total. The second kappa shape index (κ2) is 3.74. The monoisotopic (exact) mass is 168 g/mol. The van der Waals surface area contributed by atoms with Crippen LogP contribution in [0.1, 0.15) is 39.5 Å². The van der Waals surface area contributed by atoms with Gasteiger partial charge in [0.05, 0.1) is 6.26 Å². The molecule has 0 N–H and O–H groups in total. The van der Waals surface area contributed by atoms with Gasteiger partial charge in [-0.1, -0.05) is 0 Å². The van der Waals surface area contributed by atoms with Gasteiger partial charge in [-0.05, 0) is 38.7 Å². The Bertz CT molecular complexity index is 196. The number of hydrogen-bond acceptors (Lipinski definition) is 2. The molecule has 0 fully saturated rings. The van der Waals surface area contributed by atoms with Gasteiger partial charge in [-0.15, -0.1) is 0 Å². The molecular formula is C10H16O2. The lowest BCUT2D eigenvalue weighted by Gasteiger charge is -2.32. The van der Waals surface area contributed by atoms with Gasteiger partial charge >= 0.3 is 0 Å². The molecule has 0 radical (unpaired) electrons. The number of carbonyl (C=O) groups is 1. The van der Waals surface area contributed by atoms with Crippen LogP contribution in [-0.4, -0.2) is 11.9 Å². The highest BCUT2D eigenvalue weighted by molar-refractivity contribution is 5.49. The van der Waals surface area contributed by atoms with Crippen LogP contribution < -0.4 is 0 Å². The molecule has 12 heavy (non-hydrogen) atoms. The molecule has 0 amide bonds. The molecule has 0 aromatic carbocycles. The van der Waals surface area contributed by atoms with Crippen molar-refractivity contribution in [3.05, 3.63) is 11.8 Å². The van der Waals surface area contributed by atoms with Gasteiger partial charge in [-0.3, -0.25) is 0 Å². The number of ether oxygens (including phenoxy) is 1. The van der Waals surface area contributed by atoms with Crippen LogP contribution in [0.3, 0.4) is 0 Å². The van der Waals surface area contributed by atoms with Gasteiger partial charge in [-0.2, -0.15) is 0 Å². The van der Waals surface area contributed by atoms with Gasteiger partial charge < -0.3 is 9.53 Å². The highest BCUT2D eigenvalue weighted by atomic mass is 16.5. The summed E-state index contributed by atoms with van der Waals surface area (Å²) < 4.78 is 5.56. The Morgan fingerprint density at radius 1 is 1.75 bits per heavy atom. The maximum absolute atomic E-state index is 10.2. The van der Waals surface area contributed by atoms with Crippen molar-refractivity contribution in [3.8, 4) is 0 Å². The fraction of sp³-hybridized carbons (Fsp3) is 0.700. The SMILES string of the molecule is CC1=COC(C)(CCC=O)CC1. The predicted octanol–water partition coefficient (Wildman–Crippen LogP) is 2.44. The van der Waals surface area contributed by atoms with Crippen molar-refractivity contribution in [3.63, 3.8) is 0 Å². The minimum atomic E-state index is -0.0968. The zero-order valence-electron chi connectivity index (χ0n) is 7.80. The Morgan fingerprint density at radius 2 is 2.50 bits per heavy atom. The van der Waals surface area contributed by atoms with Gasteiger partial charge in [0.2, 0.25) is 0 Å². The molecular weight excluding hydrogens is 152 g/mol. The van der Waals surface area contributed by atoms with E-state index in [0.717, 1.165) is 25.5 Å². The number of allylic oxidation sites excluding steroid dienone is 1. The molecule has 2 heteroatoms. The van der Waals surface area contributed by atoms with Gasteiger partial charge in [0.1, 0.15) is 11.9 Å². The Morgan fingerprint density at radius 3 is 3.00 bits per heavy atom. The van der Waals surface area contributed by atoms with Gasteiger partial charge in [0.25, 0.3) is 0 Å². The zero-order valence-corrected chi connectivity index (χ0v) is 7.80. The summed E-state index contributed by atoms with van der Waals surface area (Å²) in [6.07, 6.45) is 6.34. The first-order valence-electron chi connectivity index (χ1n) is 4.43. The summed E-state index contributed by atoms with van der Waals surface area (Å²) in [6.45, 7) is 4.14. The highest BCUT2D eigenvalue weighted by Crippen LogP contribution is 2.30. The zero-order chi connectivity index (χ0) is 9.03. The summed E-state index contributed by atoms with van der Waals surface area (Å²) in [7, 11) is 0. The molecule has 0 saturated heterocycles. The minimum absolute atomic E-state index is 0.0968. The Balaban J connectivity index is 2.45. The molecule has 1 aliphatic heterocycles. The molecule has 0 aromatic heterocycles. The van der Waals surface area contributed by atoms with E-state index in [4.69, 9.17) is 4.74 Å². The first kappa shape index (κ1) is 9.30. The van der Waals surface area contributed by atoms with Crippen LogP contribution in [0.25, 0.3) is 0 Å². The predicted molar refractivity (Wildman–Crippen MR) is 47.8 cm³/mol. The first-order chi connectivity index (χ1) is 5.66. The third kappa shape index (κ3) is 2.36. The van der Waals surface area contributed by atoms with E-state index < -0.39 is 0 Å². The Labute approximate surface area is 73.6 Å². The fourth-order valence-corrected chi connectivity index (χ4v) is 1.37. The maximum Gasteiger partial charge on any atom is 0.120 e. The lowest BCUT2D eigenvalue weighted by molar-refractivity contribution is -0.109. The van der Waals surface area contributed by atoms with E-state index in [1.807, 2.05) is 6.26 Å². The number of hydrogen-bond donors (Lipinski definition) is 0. The molecule has 1 aliphatic rings. The van der Waals surface area contributed by atoms with Crippen LogP contribution in [0.4, 0.5) is 0 Å². The van der Waals surface area contributed by atoms with Crippen LogP contribution in [0.5, 0.6) is 0 Å². The summed E-state index contributed by atoms with van der Waals surface area (Å²) in [5, 5.41) is 0. The number of rotatable bonds is 3. The molecule has 1 unspecified atom stereocenters. The van der Waals surface area contributed by atoms with Crippen LogP contribution in [0.15, 0.2) is 11.8 Å². The fourth-order valence-electron chi connectivity index (χ4n) is 1.37. The maximum atomic E-state index is 10.2. The smallest absolute Gasteiger partial charge is 0.120 e. The number of aldehydes is 1. The lowest BCUT2D eigenvalue weighted by Crippen LogP contribution is -2.29. The van der Waals surface area contributed by atoms with Crippen molar-refractivity contribution in [2.24, 2.45) is 0 Å². The van der Waals surface area contributed by atoms with Crippen molar-refractivity contribution in [2.75, 3.05) is 0 Å². The summed E-state index contributed by atoms with van der Waals surface area (Å²) in [6, 6.07) is 0. The molecule has 68 valence electrons. The van der Waals surface area contributed by atoms with E-state index in [2.05, 4.69) is 13.8 Å². The first-order valence-corrected chi connectivity index (χ1v) is 4.43. The molecule has 1 heterocycles. The summed E-state index contributed by atoms with van der Waals surface area (Å²) in [5.41, 5.74) is 1.19. The lowest BCUT2D eigenvalue weighted by atomic mass is 9.91. The molecule has 0 aliphatic carbocycles. The normalized spacial score (nSPS) is 29.0. The van der Waals surface area contributed by atoms with E-state index in [0.29, 0.717) is 6.42 Å². The summed E-state index contributed by atoms with van der Waals surface area (Å²) in [5.74, 6) is 0. The van der Waals surface area contributed by atoms with Crippen LogP contribution >= 0.6 is 0 Å². The van der Waals surface area contributed by atoms with Crippen molar-refractivity contribution in [1.82, 2.24) is 0 Å². The van der Waals surface area contributed by atoms with Gasteiger partial charge in [0.15, 0.2) is 0 Å². The third-order valence-corrected chi connectivity index (χ3v) is 2.38. The minimum Gasteiger partial charge on any atom is -0.495 e. The van der Waals surface area contributed by atoms with Gasteiger partial charge in [-0.25, -0.2) is 0 Å². The summed E-state index contributed by atoms with van der Waals surface area (Å²) >= 11 is 0. The Kier molecular flexibility index (Phi) is 2.90. The molecule has 1 atom stereocenters. The van der Waals surface area contributed by atoms with Gasteiger partial charge in [0, 0.05) is 6.42 Å². The quantitative estimate of drug-likeness (QED) is 0.605. The average molecular weight is 168 g/mol. The van der Waals surface area contributed by atoms with Crippen molar-refractivity contribution in [1.29, 1.82) is 0 Å². The summed E-state index contributed by atoms with van der Waals surface area (Å²) in [4.78, 5) is 10.2. The molecule has 0 bridgehead atoms. The largest absolute Gasteiger partial charge is 0.495 e. The third-order valence-electron chi connectivity index (χ3n) is 2.38. The number of carbonyl (C=O) groups excluding carboxylic acids is 1. The second-order valence-electron chi connectivity index (χ2n) is 3.74. The van der Waals surface area contributed by atoms with E-state index in [1.54, 1.807) is 0 Å². The van der Waals surface area contributed by atoms with E-state index in [9.17, 15) is 4.79 Å².